The molecule has 3 heterocycles. The Hall–Kier alpha value is -4.64. The lowest BCUT2D eigenvalue weighted by atomic mass is 9.57. The first-order chi connectivity index (χ1) is 21.3. The van der Waals surface area contributed by atoms with Crippen LogP contribution in [0.15, 0.2) is 91.5 Å². The van der Waals surface area contributed by atoms with Gasteiger partial charge in [-0.2, -0.15) is 0 Å². The summed E-state index contributed by atoms with van der Waals surface area (Å²) in [5, 5.41) is 0. The predicted molar refractivity (Wildman–Crippen MR) is 181 cm³/mol. The standard InChI is InChI=1S/C39H39N5/c1-24-19-25(2)36(26(3)20-24)43-18-17-33-37(43)31-13-8-7-12-30(31)32-16-15-28(21-39(32,33)5)29-11-9-10-14-34(29)44-27(4)42(6)35-22-40-23-41-38(35)44/h7-15,17-20,22-23,27,32H,16,21H2,1-6H3. The first kappa shape index (κ1) is 26.9. The van der Waals surface area contributed by atoms with Crippen molar-refractivity contribution in [2.75, 3.05) is 16.8 Å². The minimum absolute atomic E-state index is 0.0495. The summed E-state index contributed by atoms with van der Waals surface area (Å²) in [6.07, 6.45) is 10.6. The largest absolute Gasteiger partial charge is 0.350 e. The Morgan fingerprint density at radius 1 is 0.886 bits per heavy atom. The summed E-state index contributed by atoms with van der Waals surface area (Å²) in [7, 11) is 2.13. The van der Waals surface area contributed by atoms with Gasteiger partial charge in [0.25, 0.3) is 0 Å². The molecular formula is C39H39N5. The number of allylic oxidation sites excluding steroid dienone is 2. The molecule has 3 aromatic carbocycles. The number of hydrogen-bond acceptors (Lipinski definition) is 4. The van der Waals surface area contributed by atoms with Crippen molar-refractivity contribution in [3.05, 3.63) is 125 Å². The van der Waals surface area contributed by atoms with Crippen molar-refractivity contribution in [1.82, 2.24) is 14.5 Å². The first-order valence-corrected chi connectivity index (χ1v) is 15.8. The topological polar surface area (TPSA) is 37.2 Å². The van der Waals surface area contributed by atoms with Crippen molar-refractivity contribution in [1.29, 1.82) is 0 Å². The van der Waals surface area contributed by atoms with Gasteiger partial charge in [0.05, 0.1) is 23.3 Å². The van der Waals surface area contributed by atoms with Gasteiger partial charge in [-0.1, -0.05) is 73.2 Å². The third-order valence-electron chi connectivity index (χ3n) is 10.6. The van der Waals surface area contributed by atoms with Gasteiger partial charge in [-0.3, -0.25) is 0 Å². The van der Waals surface area contributed by atoms with Gasteiger partial charge in [-0.05, 0) is 86.4 Å². The van der Waals surface area contributed by atoms with Crippen molar-refractivity contribution in [3.8, 4) is 16.9 Å². The maximum absolute atomic E-state index is 4.74. The molecule has 0 saturated carbocycles. The number of hydrogen-bond donors (Lipinski definition) is 0. The summed E-state index contributed by atoms with van der Waals surface area (Å²) >= 11 is 0. The van der Waals surface area contributed by atoms with Crippen LogP contribution in [0.4, 0.5) is 17.2 Å². The maximum atomic E-state index is 4.74. The molecule has 44 heavy (non-hydrogen) atoms. The van der Waals surface area contributed by atoms with Gasteiger partial charge >= 0.3 is 0 Å². The Morgan fingerprint density at radius 2 is 1.61 bits per heavy atom. The van der Waals surface area contributed by atoms with Gasteiger partial charge in [-0.15, -0.1) is 0 Å². The highest BCUT2D eigenvalue weighted by Crippen LogP contribution is 2.59. The monoisotopic (exact) mass is 577 g/mol. The normalized spacial score (nSPS) is 21.8. The molecule has 0 fully saturated rings. The maximum Gasteiger partial charge on any atom is 0.161 e. The molecule has 2 aliphatic carbocycles. The number of benzene rings is 3. The van der Waals surface area contributed by atoms with E-state index in [2.05, 4.69) is 140 Å². The number of aryl methyl sites for hydroxylation is 3. The van der Waals surface area contributed by atoms with E-state index in [-0.39, 0.29) is 11.6 Å². The number of aromatic nitrogens is 3. The summed E-state index contributed by atoms with van der Waals surface area (Å²) in [5.74, 6) is 1.39. The van der Waals surface area contributed by atoms with Gasteiger partial charge in [0, 0.05) is 29.8 Å². The van der Waals surface area contributed by atoms with E-state index in [1.54, 1.807) is 6.33 Å². The fourth-order valence-corrected chi connectivity index (χ4v) is 8.57. The average Bonchev–Trinajstić information content (AvgIpc) is 3.56. The van der Waals surface area contributed by atoms with Crippen LogP contribution in [0.2, 0.25) is 0 Å². The third kappa shape index (κ3) is 3.71. The zero-order valence-electron chi connectivity index (χ0n) is 26.5. The molecule has 5 heteroatoms. The number of anilines is 3. The first-order valence-electron chi connectivity index (χ1n) is 15.8. The smallest absolute Gasteiger partial charge is 0.161 e. The minimum Gasteiger partial charge on any atom is -0.350 e. The number of nitrogens with zero attached hydrogens (tertiary/aromatic N) is 5. The molecule has 3 unspecified atom stereocenters. The predicted octanol–water partition coefficient (Wildman–Crippen LogP) is 9.03. The molecule has 0 bridgehead atoms. The van der Waals surface area contributed by atoms with E-state index in [0.717, 1.165) is 24.3 Å². The van der Waals surface area contributed by atoms with Crippen LogP contribution >= 0.6 is 0 Å². The summed E-state index contributed by atoms with van der Waals surface area (Å²) in [6.45, 7) is 11.4. The lowest BCUT2D eigenvalue weighted by molar-refractivity contribution is 0.368. The quantitative estimate of drug-likeness (QED) is 0.214. The highest BCUT2D eigenvalue weighted by atomic mass is 15.4. The van der Waals surface area contributed by atoms with Crippen LogP contribution in [0.3, 0.4) is 0 Å². The zero-order chi connectivity index (χ0) is 30.3. The molecule has 3 aliphatic rings. The number of rotatable bonds is 3. The van der Waals surface area contributed by atoms with Crippen LogP contribution in [0.25, 0.3) is 22.5 Å². The van der Waals surface area contributed by atoms with Crippen molar-refractivity contribution in [2.45, 2.75) is 65.0 Å². The van der Waals surface area contributed by atoms with Crippen LogP contribution in [0.5, 0.6) is 0 Å². The van der Waals surface area contributed by atoms with Gasteiger partial charge in [0.2, 0.25) is 0 Å². The van der Waals surface area contributed by atoms with Crippen molar-refractivity contribution >= 4 is 22.8 Å². The molecule has 5 nitrogen and oxygen atoms in total. The van der Waals surface area contributed by atoms with E-state index < -0.39 is 0 Å². The molecule has 3 atom stereocenters. The SMILES string of the molecule is Cc1cc(C)c(-n2ccc3c2-c2ccccc2C2CC=C(c4ccccc4N4c5ncncc5N(C)C4C)CC32C)c(C)c1. The molecule has 5 aromatic rings. The molecule has 220 valence electrons. The lowest BCUT2D eigenvalue weighted by Crippen LogP contribution is -2.37. The second kappa shape index (κ2) is 9.68. The number of fused-ring (bicyclic) bond motifs is 7. The molecular weight excluding hydrogens is 538 g/mol. The molecule has 1 aliphatic heterocycles. The molecule has 0 amide bonds. The highest BCUT2D eigenvalue weighted by molar-refractivity contribution is 5.88. The third-order valence-corrected chi connectivity index (χ3v) is 10.6. The lowest BCUT2D eigenvalue weighted by Gasteiger charge is -2.46. The Balaban J connectivity index is 1.28. The second-order valence-corrected chi connectivity index (χ2v) is 13.3. The van der Waals surface area contributed by atoms with E-state index in [0.29, 0.717) is 5.92 Å². The Labute approximate surface area is 260 Å². The van der Waals surface area contributed by atoms with E-state index in [4.69, 9.17) is 4.98 Å². The van der Waals surface area contributed by atoms with Gasteiger partial charge < -0.3 is 14.4 Å². The average molecular weight is 578 g/mol. The summed E-state index contributed by atoms with van der Waals surface area (Å²) in [6, 6.07) is 25.1. The van der Waals surface area contributed by atoms with Crippen LogP contribution < -0.4 is 9.80 Å². The molecule has 0 saturated heterocycles. The molecule has 0 spiro atoms. The van der Waals surface area contributed by atoms with Gasteiger partial charge in [0.15, 0.2) is 5.82 Å². The highest BCUT2D eigenvalue weighted by Gasteiger charge is 2.47. The molecule has 8 rings (SSSR count). The second-order valence-electron chi connectivity index (χ2n) is 13.3. The summed E-state index contributed by atoms with van der Waals surface area (Å²) in [4.78, 5) is 13.7. The van der Waals surface area contributed by atoms with E-state index in [9.17, 15) is 0 Å². The molecule has 2 aromatic heterocycles. The fourth-order valence-electron chi connectivity index (χ4n) is 8.57. The van der Waals surface area contributed by atoms with Gasteiger partial charge in [0.1, 0.15) is 18.2 Å². The van der Waals surface area contributed by atoms with Crippen molar-refractivity contribution < 1.29 is 0 Å². The van der Waals surface area contributed by atoms with Crippen LogP contribution in [-0.2, 0) is 5.41 Å². The molecule has 0 N–H and O–H groups in total. The summed E-state index contributed by atoms with van der Waals surface area (Å²) in [5.41, 5.74) is 15.8. The van der Waals surface area contributed by atoms with Crippen molar-refractivity contribution in [3.63, 3.8) is 0 Å². The number of para-hydroxylation sites is 1. The Kier molecular flexibility index (Phi) is 5.93. The zero-order valence-corrected chi connectivity index (χ0v) is 26.5. The van der Waals surface area contributed by atoms with E-state index in [1.165, 1.54) is 61.6 Å². The van der Waals surface area contributed by atoms with E-state index in [1.807, 2.05) is 6.20 Å². The van der Waals surface area contributed by atoms with Crippen LogP contribution in [0.1, 0.15) is 66.0 Å². The Bertz CT molecular complexity index is 1960. The van der Waals surface area contributed by atoms with Crippen LogP contribution in [-0.4, -0.2) is 27.7 Å². The van der Waals surface area contributed by atoms with Gasteiger partial charge in [-0.25, -0.2) is 9.97 Å². The fraction of sp³-hybridized carbons (Fsp3) is 0.282. The van der Waals surface area contributed by atoms with Crippen molar-refractivity contribution in [2.24, 2.45) is 0 Å². The molecule has 0 radical (unpaired) electrons. The minimum atomic E-state index is -0.0495. The Morgan fingerprint density at radius 3 is 2.41 bits per heavy atom. The summed E-state index contributed by atoms with van der Waals surface area (Å²) < 4.78 is 2.48. The van der Waals surface area contributed by atoms with E-state index >= 15 is 0 Å². The van der Waals surface area contributed by atoms with Crippen LogP contribution in [0, 0.1) is 20.8 Å².